The van der Waals surface area contributed by atoms with Crippen molar-refractivity contribution in [2.75, 3.05) is 11.8 Å². The summed E-state index contributed by atoms with van der Waals surface area (Å²) in [5.41, 5.74) is -2.57. The normalized spacial score (nSPS) is 21.0. The zero-order chi connectivity index (χ0) is 24.8. The fourth-order valence-corrected chi connectivity index (χ4v) is 2.20. The Labute approximate surface area is 155 Å². The van der Waals surface area contributed by atoms with Gasteiger partial charge in [-0.1, -0.05) is 41.8 Å². The van der Waals surface area contributed by atoms with Crippen molar-refractivity contribution in [2.45, 2.75) is 19.4 Å². The number of nitrogens with one attached hydrogen (secondary N) is 2. The van der Waals surface area contributed by atoms with Crippen molar-refractivity contribution < 1.29 is 18.8 Å². The number of halogens is 1. The lowest BCUT2D eigenvalue weighted by atomic mass is 9.87. The van der Waals surface area contributed by atoms with Gasteiger partial charge in [0.2, 0.25) is 0 Å². The Morgan fingerprint density at radius 3 is 2.86 bits per heavy atom. The molecule has 5 heteroatoms. The van der Waals surface area contributed by atoms with Gasteiger partial charge in [-0.15, -0.1) is 0 Å². The summed E-state index contributed by atoms with van der Waals surface area (Å²) >= 11 is 11.1. The topological polar surface area (TPSA) is 44.3 Å². The first-order valence-electron chi connectivity index (χ1n) is 11.1. The fourth-order valence-electron chi connectivity index (χ4n) is 1.87. The summed E-state index contributed by atoms with van der Waals surface area (Å²) in [6.45, 7) is -4.69. The van der Waals surface area contributed by atoms with Gasteiger partial charge in [0.05, 0.1) is 6.85 Å². The smallest absolute Gasteiger partial charge is 0.170 e. The fraction of sp³-hybridized carbons (Fsp3) is 0.235. The summed E-state index contributed by atoms with van der Waals surface area (Å²) in [5, 5.41) is 15.7. The van der Waals surface area contributed by atoms with Crippen molar-refractivity contribution in [3.05, 3.63) is 64.6 Å². The molecule has 0 heterocycles. The van der Waals surface area contributed by atoms with Crippen LogP contribution in [0.3, 0.4) is 0 Å². The summed E-state index contributed by atoms with van der Waals surface area (Å²) in [6.07, 6.45) is 0. The van der Waals surface area contributed by atoms with Gasteiger partial charge in [-0.05, 0) is 49.8 Å². The number of benzene rings is 2. The number of thiocarbonyl (C=S) groups is 1. The van der Waals surface area contributed by atoms with Gasteiger partial charge in [0.1, 0.15) is 5.60 Å². The van der Waals surface area contributed by atoms with Gasteiger partial charge in [-0.25, -0.2) is 0 Å². The molecule has 0 fully saturated rings. The highest BCUT2D eigenvalue weighted by molar-refractivity contribution is 7.80. The molecule has 0 saturated carbocycles. The lowest BCUT2D eigenvalue weighted by Gasteiger charge is -2.27. The minimum atomic E-state index is -3.03. The molecule has 0 saturated heterocycles. The molecule has 1 unspecified atom stereocenters. The molecule has 0 aliphatic heterocycles. The third-order valence-electron chi connectivity index (χ3n) is 2.92. The van der Waals surface area contributed by atoms with Crippen LogP contribution in [0.15, 0.2) is 48.4 Å². The number of hydrogen-bond acceptors (Lipinski definition) is 2. The van der Waals surface area contributed by atoms with Crippen LogP contribution < -0.4 is 10.6 Å². The average Bonchev–Trinajstić information content (AvgIpc) is 2.64. The van der Waals surface area contributed by atoms with Crippen molar-refractivity contribution in [1.82, 2.24) is 5.32 Å². The van der Waals surface area contributed by atoms with Crippen LogP contribution in [0.4, 0.5) is 5.69 Å². The predicted octanol–water partition coefficient (Wildman–Crippen LogP) is 3.90. The highest BCUT2D eigenvalue weighted by Gasteiger charge is 2.28. The number of rotatable bonds is 4. The summed E-state index contributed by atoms with van der Waals surface area (Å²) in [4.78, 5) is 0. The van der Waals surface area contributed by atoms with E-state index in [1.165, 1.54) is 25.1 Å². The number of hydrogen-bond donors (Lipinski definition) is 3. The molecular weight excluding hydrogens is 316 g/mol. The van der Waals surface area contributed by atoms with Crippen LogP contribution in [0.25, 0.3) is 0 Å². The van der Waals surface area contributed by atoms with E-state index in [4.69, 9.17) is 37.5 Å². The lowest BCUT2D eigenvalue weighted by Crippen LogP contribution is -2.30. The Bertz CT molecular complexity index is 1050. The standard InChI is InChI=1S/C17H19ClN2OS/c1-3-19-16(22)20-15-10-9-13(18)11-14(15)17(2,21)12-7-5-4-6-8-12/h4-11,21H,3H2,1-2H3,(H2,19,20,22)/i1D3,3D2,4D,5D,6D,7D,8D. The van der Waals surface area contributed by atoms with E-state index in [0.717, 1.165) is 0 Å². The van der Waals surface area contributed by atoms with E-state index in [2.05, 4.69) is 5.32 Å². The minimum Gasteiger partial charge on any atom is -0.381 e. The molecule has 3 N–H and O–H groups in total. The second kappa shape index (κ2) is 7.09. The van der Waals surface area contributed by atoms with Gasteiger partial charge in [-0.3, -0.25) is 0 Å². The van der Waals surface area contributed by atoms with Crippen LogP contribution in [-0.4, -0.2) is 16.7 Å². The SMILES string of the molecule is [2H]c1c([2H])c([2H])c(C(C)(O)c2cc(Cl)ccc2NC(=S)NC([2H])([2H])C([2H])([2H])[2H])c([2H])c1[2H]. The molecule has 0 aromatic heterocycles. The highest BCUT2D eigenvalue weighted by Crippen LogP contribution is 2.35. The first-order valence-corrected chi connectivity index (χ1v) is 6.89. The first-order chi connectivity index (χ1) is 14.4. The zero-order valence-electron chi connectivity index (χ0n) is 21.5. The van der Waals surface area contributed by atoms with E-state index in [1.54, 1.807) is 0 Å². The summed E-state index contributed by atoms with van der Waals surface area (Å²) in [5.74, 6) is 0. The summed E-state index contributed by atoms with van der Waals surface area (Å²) < 4.78 is 76.8. The molecule has 0 aliphatic rings. The Kier molecular flexibility index (Phi) is 2.51. The molecule has 3 nitrogen and oxygen atoms in total. The average molecular weight is 345 g/mol. The molecule has 22 heavy (non-hydrogen) atoms. The second-order valence-electron chi connectivity index (χ2n) is 4.47. The van der Waals surface area contributed by atoms with E-state index in [9.17, 15) is 5.11 Å². The number of aliphatic hydroxyl groups is 1. The Balaban J connectivity index is 2.59. The van der Waals surface area contributed by atoms with Crippen LogP contribution in [0.2, 0.25) is 5.02 Å². The molecule has 1 atom stereocenters. The van der Waals surface area contributed by atoms with Crippen molar-refractivity contribution in [3.8, 4) is 0 Å². The van der Waals surface area contributed by atoms with E-state index in [-0.39, 0.29) is 16.3 Å². The third kappa shape index (κ3) is 3.77. The van der Waals surface area contributed by atoms with Gasteiger partial charge in [0, 0.05) is 29.6 Å². The van der Waals surface area contributed by atoms with Gasteiger partial charge >= 0.3 is 0 Å². The van der Waals surface area contributed by atoms with E-state index in [1.807, 2.05) is 5.32 Å². The molecule has 0 amide bonds. The Morgan fingerprint density at radius 1 is 1.45 bits per heavy atom. The molecule has 0 bridgehead atoms. The number of anilines is 1. The maximum absolute atomic E-state index is 11.3. The van der Waals surface area contributed by atoms with Crippen LogP contribution in [0, 0.1) is 0 Å². The van der Waals surface area contributed by atoms with E-state index in [0.29, 0.717) is 0 Å². The molecule has 2 aromatic rings. The van der Waals surface area contributed by atoms with Crippen molar-refractivity contribution >= 4 is 34.6 Å². The molecular formula is C17H19ClN2OS. The van der Waals surface area contributed by atoms with Gasteiger partial charge in [0.25, 0.3) is 0 Å². The molecule has 116 valence electrons. The molecule has 0 spiro atoms. The Hall–Kier alpha value is -1.62. The minimum absolute atomic E-state index is 0.0397. The van der Waals surface area contributed by atoms with E-state index >= 15 is 0 Å². The molecule has 0 aliphatic carbocycles. The largest absolute Gasteiger partial charge is 0.381 e. The summed E-state index contributed by atoms with van der Waals surface area (Å²) in [7, 11) is 0. The van der Waals surface area contributed by atoms with Crippen molar-refractivity contribution in [2.24, 2.45) is 0 Å². The second-order valence-corrected chi connectivity index (χ2v) is 5.31. The van der Waals surface area contributed by atoms with Crippen LogP contribution in [0.1, 0.15) is 38.6 Å². The first kappa shape index (κ1) is 7.77. The maximum atomic E-state index is 11.3. The van der Waals surface area contributed by atoms with Gasteiger partial charge < -0.3 is 15.7 Å². The monoisotopic (exact) mass is 344 g/mol. The van der Waals surface area contributed by atoms with Crippen LogP contribution in [-0.2, 0) is 5.60 Å². The Morgan fingerprint density at radius 2 is 2.18 bits per heavy atom. The highest BCUT2D eigenvalue weighted by atomic mass is 35.5. The molecule has 2 rings (SSSR count). The third-order valence-corrected chi connectivity index (χ3v) is 3.36. The molecule has 0 radical (unpaired) electrons. The van der Waals surface area contributed by atoms with Gasteiger partial charge in [0.15, 0.2) is 5.11 Å². The van der Waals surface area contributed by atoms with Gasteiger partial charge in [-0.2, -0.15) is 0 Å². The van der Waals surface area contributed by atoms with Crippen LogP contribution >= 0.6 is 23.8 Å². The van der Waals surface area contributed by atoms with Crippen molar-refractivity contribution in [1.29, 1.82) is 0 Å². The quantitative estimate of drug-likeness (QED) is 0.736. The molecule has 2 aromatic carbocycles. The lowest BCUT2D eigenvalue weighted by molar-refractivity contribution is 0.103. The summed E-state index contributed by atoms with van der Waals surface area (Å²) in [6, 6.07) is 0.916. The van der Waals surface area contributed by atoms with Crippen LogP contribution in [0.5, 0.6) is 0 Å². The van der Waals surface area contributed by atoms with Crippen molar-refractivity contribution in [3.63, 3.8) is 0 Å². The predicted molar refractivity (Wildman–Crippen MR) is 96.5 cm³/mol. The maximum Gasteiger partial charge on any atom is 0.170 e. The van der Waals surface area contributed by atoms with E-state index < -0.39 is 59.8 Å². The zero-order valence-corrected chi connectivity index (χ0v) is 13.0.